The summed E-state index contributed by atoms with van der Waals surface area (Å²) in [7, 11) is -3.57. The fraction of sp³-hybridized carbons (Fsp3) is 0.500. The van der Waals surface area contributed by atoms with E-state index < -0.39 is 15.1 Å². The second kappa shape index (κ2) is 5.53. The van der Waals surface area contributed by atoms with E-state index in [4.69, 9.17) is 5.26 Å². The number of hydrogen-bond donors (Lipinski definition) is 0. The summed E-state index contributed by atoms with van der Waals surface area (Å²) in [4.78, 5) is 0.278. The summed E-state index contributed by atoms with van der Waals surface area (Å²) in [6, 6.07) is 7.15. The third-order valence-electron chi connectivity index (χ3n) is 3.26. The minimum atomic E-state index is -3.57. The normalized spacial score (nSPS) is 14.8. The number of aryl methyl sites for hydroxylation is 2. The van der Waals surface area contributed by atoms with E-state index in [9.17, 15) is 8.42 Å². The van der Waals surface area contributed by atoms with Crippen molar-refractivity contribution in [3.05, 3.63) is 29.3 Å². The Morgan fingerprint density at radius 2 is 1.94 bits per heavy atom. The van der Waals surface area contributed by atoms with Gasteiger partial charge in [0.2, 0.25) is 0 Å². The fourth-order valence-corrected chi connectivity index (χ4v) is 3.95. The van der Waals surface area contributed by atoms with Crippen LogP contribution in [-0.2, 0) is 9.84 Å². The van der Waals surface area contributed by atoms with Crippen LogP contribution < -0.4 is 0 Å². The molecular formula is C14H19NO2S. The monoisotopic (exact) mass is 265 g/mol. The van der Waals surface area contributed by atoms with E-state index in [1.54, 1.807) is 26.0 Å². The Morgan fingerprint density at radius 3 is 2.39 bits per heavy atom. The Hall–Kier alpha value is -1.34. The van der Waals surface area contributed by atoms with Crippen LogP contribution >= 0.6 is 0 Å². The van der Waals surface area contributed by atoms with E-state index in [0.717, 1.165) is 5.56 Å². The number of sulfone groups is 1. The predicted molar refractivity (Wildman–Crippen MR) is 72.0 cm³/mol. The largest absolute Gasteiger partial charge is 0.222 e. The van der Waals surface area contributed by atoms with E-state index >= 15 is 0 Å². The SMILES string of the molecule is CCC(C)C(C#N)S(=O)(=O)c1ccc(C)cc1C. The maximum Gasteiger partial charge on any atom is 0.195 e. The van der Waals surface area contributed by atoms with E-state index in [1.165, 1.54) is 0 Å². The number of nitrogens with zero attached hydrogens (tertiary/aromatic N) is 1. The molecule has 0 spiro atoms. The van der Waals surface area contributed by atoms with Gasteiger partial charge in [-0.2, -0.15) is 5.26 Å². The van der Waals surface area contributed by atoms with Crippen LogP contribution in [0, 0.1) is 31.1 Å². The van der Waals surface area contributed by atoms with Gasteiger partial charge in [-0.05, 0) is 31.4 Å². The number of benzene rings is 1. The molecule has 1 aromatic rings. The summed E-state index contributed by atoms with van der Waals surface area (Å²) in [5, 5.41) is 8.17. The molecule has 0 saturated heterocycles. The van der Waals surface area contributed by atoms with Gasteiger partial charge >= 0.3 is 0 Å². The smallest absolute Gasteiger partial charge is 0.195 e. The van der Waals surface area contributed by atoms with Crippen molar-refractivity contribution in [1.29, 1.82) is 5.26 Å². The zero-order valence-electron chi connectivity index (χ0n) is 11.3. The molecule has 1 aromatic carbocycles. The molecule has 3 nitrogen and oxygen atoms in total. The predicted octanol–water partition coefficient (Wildman–Crippen LogP) is 3.02. The molecule has 0 radical (unpaired) electrons. The highest BCUT2D eigenvalue weighted by atomic mass is 32.2. The molecule has 0 fully saturated rings. The van der Waals surface area contributed by atoms with Crippen molar-refractivity contribution < 1.29 is 8.42 Å². The summed E-state index contributed by atoms with van der Waals surface area (Å²) >= 11 is 0. The molecule has 1 rings (SSSR count). The molecule has 98 valence electrons. The van der Waals surface area contributed by atoms with Crippen molar-refractivity contribution in [2.45, 2.75) is 44.3 Å². The maximum absolute atomic E-state index is 12.5. The van der Waals surface area contributed by atoms with Gasteiger partial charge in [0.05, 0.1) is 11.0 Å². The van der Waals surface area contributed by atoms with Crippen LogP contribution in [0.2, 0.25) is 0 Å². The highest BCUT2D eigenvalue weighted by Gasteiger charge is 2.32. The zero-order chi connectivity index (χ0) is 13.9. The molecule has 0 aliphatic carbocycles. The lowest BCUT2D eigenvalue weighted by Gasteiger charge is -2.18. The van der Waals surface area contributed by atoms with Gasteiger partial charge in [0.1, 0.15) is 0 Å². The second-order valence-corrected chi connectivity index (χ2v) is 6.79. The molecule has 18 heavy (non-hydrogen) atoms. The third-order valence-corrected chi connectivity index (χ3v) is 5.57. The van der Waals surface area contributed by atoms with Crippen LogP contribution in [0.25, 0.3) is 0 Å². The van der Waals surface area contributed by atoms with Gasteiger partial charge in [-0.25, -0.2) is 8.42 Å². The minimum absolute atomic E-state index is 0.166. The third kappa shape index (κ3) is 2.73. The Labute approximate surface area is 109 Å². The molecule has 4 heteroatoms. The Bertz CT molecular complexity index is 570. The molecule has 0 bridgehead atoms. The van der Waals surface area contributed by atoms with Crippen LogP contribution in [0.4, 0.5) is 0 Å². The molecule has 0 N–H and O–H groups in total. The second-order valence-electron chi connectivity index (χ2n) is 4.75. The summed E-state index contributed by atoms with van der Waals surface area (Å²) in [6.07, 6.45) is 0.669. The average Bonchev–Trinajstić information content (AvgIpc) is 2.28. The molecule has 0 aliphatic heterocycles. The van der Waals surface area contributed by atoms with Gasteiger partial charge in [0.15, 0.2) is 15.1 Å². The first-order chi connectivity index (χ1) is 8.34. The summed E-state index contributed by atoms with van der Waals surface area (Å²) < 4.78 is 24.9. The molecular weight excluding hydrogens is 246 g/mol. The van der Waals surface area contributed by atoms with E-state index in [0.29, 0.717) is 12.0 Å². The first-order valence-electron chi connectivity index (χ1n) is 6.05. The quantitative estimate of drug-likeness (QED) is 0.840. The lowest BCUT2D eigenvalue weighted by Crippen LogP contribution is -2.27. The van der Waals surface area contributed by atoms with Crippen molar-refractivity contribution in [2.75, 3.05) is 0 Å². The number of nitriles is 1. The average molecular weight is 265 g/mol. The van der Waals surface area contributed by atoms with Crippen molar-refractivity contribution >= 4 is 9.84 Å². The van der Waals surface area contributed by atoms with Gasteiger partial charge in [0, 0.05) is 0 Å². The topological polar surface area (TPSA) is 57.9 Å². The molecule has 0 aromatic heterocycles. The Kier molecular flexibility index (Phi) is 4.53. The van der Waals surface area contributed by atoms with E-state index in [-0.39, 0.29) is 10.8 Å². The molecule has 0 heterocycles. The van der Waals surface area contributed by atoms with E-state index in [1.807, 2.05) is 26.0 Å². The zero-order valence-corrected chi connectivity index (χ0v) is 12.1. The fourth-order valence-electron chi connectivity index (χ4n) is 1.97. The van der Waals surface area contributed by atoms with E-state index in [2.05, 4.69) is 0 Å². The summed E-state index contributed by atoms with van der Waals surface area (Å²) in [5.41, 5.74) is 1.72. The molecule has 0 aliphatic rings. The van der Waals surface area contributed by atoms with Crippen LogP contribution in [0.3, 0.4) is 0 Å². The Morgan fingerprint density at radius 1 is 1.33 bits per heavy atom. The lowest BCUT2D eigenvalue weighted by molar-refractivity contribution is 0.533. The first kappa shape index (κ1) is 14.7. The molecule has 0 saturated carbocycles. The van der Waals surface area contributed by atoms with Crippen LogP contribution in [-0.4, -0.2) is 13.7 Å². The highest BCUT2D eigenvalue weighted by Crippen LogP contribution is 2.26. The van der Waals surface area contributed by atoms with Gasteiger partial charge in [0.25, 0.3) is 0 Å². The van der Waals surface area contributed by atoms with Gasteiger partial charge in [-0.3, -0.25) is 0 Å². The minimum Gasteiger partial charge on any atom is -0.222 e. The maximum atomic E-state index is 12.5. The van der Waals surface area contributed by atoms with Crippen LogP contribution in [0.15, 0.2) is 23.1 Å². The summed E-state index contributed by atoms with van der Waals surface area (Å²) in [5.74, 6) is -0.166. The van der Waals surface area contributed by atoms with Crippen molar-refractivity contribution in [3.8, 4) is 6.07 Å². The lowest BCUT2D eigenvalue weighted by atomic mass is 10.1. The van der Waals surface area contributed by atoms with Crippen LogP contribution in [0.1, 0.15) is 31.4 Å². The van der Waals surface area contributed by atoms with Gasteiger partial charge in [-0.1, -0.05) is 38.0 Å². The van der Waals surface area contributed by atoms with Gasteiger partial charge in [-0.15, -0.1) is 0 Å². The molecule has 2 unspecified atom stereocenters. The highest BCUT2D eigenvalue weighted by molar-refractivity contribution is 7.92. The first-order valence-corrected chi connectivity index (χ1v) is 7.60. The Balaban J connectivity index is 3.33. The van der Waals surface area contributed by atoms with Crippen molar-refractivity contribution in [1.82, 2.24) is 0 Å². The van der Waals surface area contributed by atoms with Crippen LogP contribution in [0.5, 0.6) is 0 Å². The number of hydrogen-bond acceptors (Lipinski definition) is 3. The summed E-state index contributed by atoms with van der Waals surface area (Å²) in [6.45, 7) is 7.38. The number of rotatable bonds is 4. The van der Waals surface area contributed by atoms with Crippen molar-refractivity contribution in [3.63, 3.8) is 0 Å². The molecule has 0 amide bonds. The molecule has 2 atom stereocenters. The van der Waals surface area contributed by atoms with Gasteiger partial charge < -0.3 is 0 Å². The van der Waals surface area contributed by atoms with Crippen molar-refractivity contribution in [2.24, 2.45) is 5.92 Å². The standard InChI is InChI=1S/C14H19NO2S/c1-5-11(3)14(9-15)18(16,17)13-7-6-10(2)8-12(13)4/h6-8,11,14H,5H2,1-4H3.